The van der Waals surface area contributed by atoms with E-state index in [2.05, 4.69) is 24.7 Å². The van der Waals surface area contributed by atoms with E-state index in [1.807, 2.05) is 0 Å². The molecule has 19 nitrogen and oxygen atoms in total. The lowest BCUT2D eigenvalue weighted by Gasteiger charge is -2.24. The summed E-state index contributed by atoms with van der Waals surface area (Å²) in [5.74, 6) is 0. The number of hydrogen-bond donors (Lipinski definition) is 8. The van der Waals surface area contributed by atoms with Crippen LogP contribution in [0.25, 0.3) is 0 Å². The summed E-state index contributed by atoms with van der Waals surface area (Å²) in [6, 6.07) is 0. The molecular weight excluding hydrogens is 292 g/mol. The first-order valence-corrected chi connectivity index (χ1v) is 3.43. The highest BCUT2D eigenvalue weighted by molar-refractivity contribution is 3.73. The zero-order chi connectivity index (χ0) is 15.0. The summed E-state index contributed by atoms with van der Waals surface area (Å²) in [7, 11) is 0. The molecule has 0 spiro atoms. The van der Waals surface area contributed by atoms with Gasteiger partial charge in [-0.15, -0.1) is 0 Å². The van der Waals surface area contributed by atoms with Crippen LogP contribution in [0.4, 0.5) is 0 Å². The van der Waals surface area contributed by atoms with Crippen molar-refractivity contribution in [3.8, 4) is 0 Å². The van der Waals surface area contributed by atoms with Gasteiger partial charge in [0.15, 0.2) is 0 Å². The molecule has 0 aliphatic carbocycles. The van der Waals surface area contributed by atoms with Crippen LogP contribution in [0.3, 0.4) is 0 Å². The molecule has 0 bridgehead atoms. The largest absolute Gasteiger partial charge is 0.265 e. The third-order valence-electron chi connectivity index (χ3n) is 0.692. The van der Waals surface area contributed by atoms with Gasteiger partial charge in [-0.25, -0.2) is 0 Å². The van der Waals surface area contributed by atoms with E-state index >= 15 is 0 Å². The smallest absolute Gasteiger partial charge is 0.144 e. The number of hydrogen-bond acceptors (Lipinski definition) is 19. The van der Waals surface area contributed by atoms with Crippen LogP contribution < -0.4 is 0 Å². The molecule has 0 saturated carbocycles. The highest BCUT2D eigenvalue weighted by Crippen LogP contribution is 2.04. The second-order valence-corrected chi connectivity index (χ2v) is 1.87. The van der Waals surface area contributed by atoms with Crippen molar-refractivity contribution in [2.24, 2.45) is 0 Å². The molecule has 0 atom stereocenters. The molecule has 0 rings (SSSR count). The SMILES string of the molecule is ON(O)ON(ON(O)O)ON(ON(O)O)ON(O)O. The second-order valence-electron chi connectivity index (χ2n) is 1.87. The van der Waals surface area contributed by atoms with E-state index in [9.17, 15) is 0 Å². The lowest BCUT2D eigenvalue weighted by Crippen LogP contribution is -2.45. The molecule has 116 valence electrons. The highest BCUT2D eigenvalue weighted by Gasteiger charge is 2.26. The lowest BCUT2D eigenvalue weighted by molar-refractivity contribution is -0.828. The minimum atomic E-state index is -1.12. The monoisotopic (exact) mass is 300 g/mol. The second kappa shape index (κ2) is 9.19. The van der Waals surface area contributed by atoms with Gasteiger partial charge in [0.1, 0.15) is 10.8 Å². The molecule has 0 saturated heterocycles. The lowest BCUT2D eigenvalue weighted by atomic mass is 12.6. The van der Waals surface area contributed by atoms with Crippen LogP contribution in [0, 0.1) is 0 Å². The molecular formula is H8N6O13. The summed E-state index contributed by atoms with van der Waals surface area (Å²) in [4.78, 5) is 18.1. The number of nitrogens with zero attached hydrogens (tertiary/aromatic N) is 6. The Morgan fingerprint density at radius 2 is 0.579 bits per heavy atom. The summed E-state index contributed by atoms with van der Waals surface area (Å²) in [5, 5.41) is 59.4. The fraction of sp³-hybridized carbons (Fsp3) is 0. The van der Waals surface area contributed by atoms with Gasteiger partial charge in [-0.05, 0) is 0 Å². The summed E-state index contributed by atoms with van der Waals surface area (Å²) in [5.41, 5.74) is 0. The van der Waals surface area contributed by atoms with Crippen molar-refractivity contribution in [3.05, 3.63) is 0 Å². The average Bonchev–Trinajstić information content (AvgIpc) is 2.11. The molecule has 0 heterocycles. The molecule has 0 aromatic rings. The minimum Gasteiger partial charge on any atom is -0.265 e. The van der Waals surface area contributed by atoms with E-state index < -0.39 is 32.3 Å². The van der Waals surface area contributed by atoms with Crippen molar-refractivity contribution < 1.29 is 66.3 Å². The maximum atomic E-state index is 8.18. The highest BCUT2D eigenvalue weighted by atomic mass is 17.5. The first-order chi connectivity index (χ1) is 8.70. The Morgan fingerprint density at radius 3 is 0.737 bits per heavy atom. The standard InChI is InChI=1S/H8N6O13/c7-1(8)15-5(16-2(9)10)19-6(17-3(11)12)18-4(13)14/h7-14H. The maximum absolute atomic E-state index is 8.18. The van der Waals surface area contributed by atoms with E-state index in [1.54, 1.807) is 0 Å². The predicted molar refractivity (Wildman–Crippen MR) is 30.8 cm³/mol. The zero-order valence-electron chi connectivity index (χ0n) is 8.30. The molecule has 0 aromatic carbocycles. The van der Waals surface area contributed by atoms with Crippen LogP contribution in [0.1, 0.15) is 0 Å². The topological polar surface area (TPSA) is 227 Å². The van der Waals surface area contributed by atoms with Gasteiger partial charge in [-0.1, -0.05) is 24.7 Å². The first-order valence-electron chi connectivity index (χ1n) is 3.43. The van der Waals surface area contributed by atoms with E-state index in [1.165, 1.54) is 0 Å². The summed E-state index contributed by atoms with van der Waals surface area (Å²) in [6.45, 7) is 0. The van der Waals surface area contributed by atoms with Crippen molar-refractivity contribution >= 4 is 0 Å². The molecule has 8 N–H and O–H groups in total. The van der Waals surface area contributed by atoms with Crippen molar-refractivity contribution in [1.29, 1.82) is 0 Å². The Kier molecular flexibility index (Phi) is 8.82. The molecule has 19 heavy (non-hydrogen) atoms. The quantitative estimate of drug-likeness (QED) is 0.190. The molecule has 0 amide bonds. The molecule has 0 aliphatic rings. The average molecular weight is 300 g/mol. The third kappa shape index (κ3) is 10.8. The Morgan fingerprint density at radius 1 is 0.368 bits per heavy atom. The summed E-state index contributed by atoms with van der Waals surface area (Å²) < 4.78 is 0. The summed E-state index contributed by atoms with van der Waals surface area (Å²) >= 11 is 0. The zero-order valence-corrected chi connectivity index (χ0v) is 8.30. The molecule has 0 aromatic heterocycles. The van der Waals surface area contributed by atoms with Gasteiger partial charge in [0.05, 0.1) is 21.6 Å². The van der Waals surface area contributed by atoms with E-state index in [0.717, 1.165) is 0 Å². The van der Waals surface area contributed by atoms with E-state index in [0.29, 0.717) is 0 Å². The fourth-order valence-electron chi connectivity index (χ4n) is 0.382. The molecule has 0 unspecified atom stereocenters. The van der Waals surface area contributed by atoms with Crippen molar-refractivity contribution in [1.82, 2.24) is 32.3 Å². The van der Waals surface area contributed by atoms with Gasteiger partial charge in [0, 0.05) is 0 Å². The molecule has 0 fully saturated rings. The molecule has 0 aliphatic heterocycles. The Bertz CT molecular complexity index is 175. The van der Waals surface area contributed by atoms with Gasteiger partial charge in [-0.3, -0.25) is 41.7 Å². The Hall–Kier alpha value is -0.760. The van der Waals surface area contributed by atoms with Gasteiger partial charge < -0.3 is 0 Å². The minimum absolute atomic E-state index is 0.757. The van der Waals surface area contributed by atoms with Crippen LogP contribution in [-0.2, 0) is 24.7 Å². The van der Waals surface area contributed by atoms with Gasteiger partial charge in [0.25, 0.3) is 0 Å². The third-order valence-corrected chi connectivity index (χ3v) is 0.692. The van der Waals surface area contributed by atoms with Crippen LogP contribution in [0.2, 0.25) is 0 Å². The van der Waals surface area contributed by atoms with Crippen molar-refractivity contribution in [2.75, 3.05) is 0 Å². The van der Waals surface area contributed by atoms with Crippen LogP contribution in [0.5, 0.6) is 0 Å². The van der Waals surface area contributed by atoms with Gasteiger partial charge in [-0.2, -0.15) is 0 Å². The van der Waals surface area contributed by atoms with Gasteiger partial charge in [0.2, 0.25) is 0 Å². The maximum Gasteiger partial charge on any atom is 0.144 e. The van der Waals surface area contributed by atoms with E-state index in [4.69, 9.17) is 41.7 Å². The van der Waals surface area contributed by atoms with Crippen molar-refractivity contribution in [3.63, 3.8) is 0 Å². The Balaban J connectivity index is 4.51. The normalized spacial score (nSPS) is 12.9. The van der Waals surface area contributed by atoms with Crippen molar-refractivity contribution in [2.45, 2.75) is 0 Å². The Labute approximate surface area is 100 Å². The van der Waals surface area contributed by atoms with Gasteiger partial charge >= 0.3 is 0 Å². The summed E-state index contributed by atoms with van der Waals surface area (Å²) in [6.07, 6.45) is 0. The molecule has 19 heteroatoms. The molecule has 0 radical (unpaired) electrons. The first kappa shape index (κ1) is 18.2. The fourth-order valence-corrected chi connectivity index (χ4v) is 0.382. The van der Waals surface area contributed by atoms with Crippen LogP contribution in [0.15, 0.2) is 0 Å². The van der Waals surface area contributed by atoms with E-state index in [-0.39, 0.29) is 0 Å². The van der Waals surface area contributed by atoms with Crippen LogP contribution >= 0.6 is 0 Å². The predicted octanol–water partition coefficient (Wildman–Crippen LogP) is -2.86. The number of rotatable bonds is 10. The van der Waals surface area contributed by atoms with Crippen LogP contribution in [-0.4, -0.2) is 74.0 Å².